The van der Waals surface area contributed by atoms with E-state index < -0.39 is 35.0 Å². The third-order valence-corrected chi connectivity index (χ3v) is 21.5. The van der Waals surface area contributed by atoms with E-state index in [-0.39, 0.29) is 5.04 Å². The first-order valence-corrected chi connectivity index (χ1v) is 18.5. The average Bonchev–Trinajstić information content (AvgIpc) is 2.35. The molecule has 1 radical (unpaired) electrons. The summed E-state index contributed by atoms with van der Waals surface area (Å²) in [6.07, 6.45) is 3.26. The summed E-state index contributed by atoms with van der Waals surface area (Å²) in [7, 11) is -8.25. The Labute approximate surface area is 155 Å². The molecule has 143 valence electrons. The summed E-state index contributed by atoms with van der Waals surface area (Å²) in [5, 5.41) is 0.0153. The molecule has 0 aromatic heterocycles. The first-order chi connectivity index (χ1) is 10.9. The third kappa shape index (κ3) is 6.46. The van der Waals surface area contributed by atoms with Gasteiger partial charge in [0, 0.05) is 5.04 Å². The molecule has 0 N–H and O–H groups in total. The van der Waals surface area contributed by atoms with Crippen LogP contribution in [0.5, 0.6) is 0 Å². The summed E-state index contributed by atoms with van der Waals surface area (Å²) in [6, 6.07) is 3.06. The van der Waals surface area contributed by atoms with Gasteiger partial charge in [-0.2, -0.15) is 0 Å². The maximum absolute atomic E-state index is 6.83. The molecule has 0 spiro atoms. The van der Waals surface area contributed by atoms with E-state index in [1.165, 1.54) is 0 Å². The van der Waals surface area contributed by atoms with Gasteiger partial charge in [0.2, 0.25) is 0 Å². The molecule has 1 heterocycles. The monoisotopic (exact) mass is 407 g/mol. The van der Waals surface area contributed by atoms with E-state index in [9.17, 15) is 0 Å². The maximum atomic E-state index is 6.83. The molecule has 0 aromatic rings. The second-order valence-corrected chi connectivity index (χ2v) is 22.2. The van der Waals surface area contributed by atoms with E-state index in [1.807, 2.05) is 0 Å². The second kappa shape index (κ2) is 8.60. The van der Waals surface area contributed by atoms with E-state index in [2.05, 4.69) is 61.2 Å². The number of rotatable bonds is 6. The van der Waals surface area contributed by atoms with E-state index >= 15 is 0 Å². The van der Waals surface area contributed by atoms with Crippen LogP contribution in [0, 0.1) is 0 Å². The van der Waals surface area contributed by atoms with Crippen molar-refractivity contribution in [2.24, 2.45) is 0 Å². The van der Waals surface area contributed by atoms with Gasteiger partial charge in [-0.05, 0) is 37.8 Å². The molecule has 0 aromatic carbocycles. The SMILES string of the molecule is CCC[Si]1(C)O[Si](C(C)(C)C)O[Si](C)(CCC)O[Si](C)(CCC)O1. The lowest BCUT2D eigenvalue weighted by molar-refractivity contribution is 0.223. The lowest BCUT2D eigenvalue weighted by Gasteiger charge is -2.48. The van der Waals surface area contributed by atoms with Gasteiger partial charge >= 0.3 is 35.0 Å². The first-order valence-electron chi connectivity index (χ1n) is 9.56. The zero-order chi connectivity index (χ0) is 18.6. The molecule has 1 saturated heterocycles. The second-order valence-electron chi connectivity index (χ2n) is 8.60. The van der Waals surface area contributed by atoms with Crippen LogP contribution in [0.25, 0.3) is 0 Å². The van der Waals surface area contributed by atoms with Crippen molar-refractivity contribution >= 4 is 35.0 Å². The molecule has 2 atom stereocenters. The minimum atomic E-state index is -2.27. The van der Waals surface area contributed by atoms with Gasteiger partial charge in [0.05, 0.1) is 0 Å². The van der Waals surface area contributed by atoms with Gasteiger partial charge in [-0.1, -0.05) is 60.8 Å². The lowest BCUT2D eigenvalue weighted by Crippen LogP contribution is -2.65. The fraction of sp³-hybridized carbons (Fsp3) is 1.00. The largest absolute Gasteiger partial charge is 0.416 e. The van der Waals surface area contributed by atoms with Crippen LogP contribution >= 0.6 is 0 Å². The van der Waals surface area contributed by atoms with Gasteiger partial charge in [-0.25, -0.2) is 0 Å². The Morgan fingerprint density at radius 1 is 0.667 bits per heavy atom. The molecule has 0 aliphatic carbocycles. The topological polar surface area (TPSA) is 36.9 Å². The zero-order valence-corrected chi connectivity index (χ0v) is 21.4. The van der Waals surface area contributed by atoms with E-state index in [0.717, 1.165) is 37.4 Å². The van der Waals surface area contributed by atoms with E-state index in [0.29, 0.717) is 0 Å². The standard InChI is InChI=1S/C16H39O4Si4/c1-10-13-22(7)17-21(16(4,5)6)18-23(8,14-11-2)20-24(9,19-22)15-12-3/h10-15H2,1-9H3. The number of hydrogen-bond donors (Lipinski definition) is 0. The van der Waals surface area contributed by atoms with Gasteiger partial charge in [-0.3, -0.25) is 0 Å². The van der Waals surface area contributed by atoms with Crippen molar-refractivity contribution in [1.29, 1.82) is 0 Å². The molecular formula is C16H39O4Si4. The van der Waals surface area contributed by atoms with Crippen molar-refractivity contribution < 1.29 is 16.5 Å². The molecule has 8 heteroatoms. The molecule has 4 nitrogen and oxygen atoms in total. The Morgan fingerprint density at radius 3 is 1.29 bits per heavy atom. The van der Waals surface area contributed by atoms with Crippen LogP contribution < -0.4 is 0 Å². The first kappa shape index (κ1) is 22.7. The molecule has 2 unspecified atom stereocenters. The number of hydrogen-bond acceptors (Lipinski definition) is 4. The highest BCUT2D eigenvalue weighted by Crippen LogP contribution is 2.39. The molecule has 0 amide bonds. The van der Waals surface area contributed by atoms with Crippen molar-refractivity contribution in [3.05, 3.63) is 0 Å². The van der Waals surface area contributed by atoms with Gasteiger partial charge in [0.25, 0.3) is 0 Å². The molecule has 1 rings (SSSR count). The summed E-state index contributed by atoms with van der Waals surface area (Å²) < 4.78 is 27.2. The van der Waals surface area contributed by atoms with Gasteiger partial charge in [-0.15, -0.1) is 0 Å². The minimum Gasteiger partial charge on any atom is -0.416 e. The highest BCUT2D eigenvalue weighted by molar-refractivity contribution is 6.90. The highest BCUT2D eigenvalue weighted by Gasteiger charge is 2.54. The van der Waals surface area contributed by atoms with Crippen LogP contribution in [0.4, 0.5) is 0 Å². The lowest BCUT2D eigenvalue weighted by atomic mass is 10.3. The fourth-order valence-corrected chi connectivity index (χ4v) is 23.6. The summed E-state index contributed by atoms with van der Waals surface area (Å²) in [5.41, 5.74) is 0. The third-order valence-electron chi connectivity index (χ3n) is 4.21. The quantitative estimate of drug-likeness (QED) is 0.521. The Balaban J connectivity index is 3.24. The predicted octanol–water partition coefficient (Wildman–Crippen LogP) is 5.80. The maximum Gasteiger partial charge on any atom is 0.371 e. The van der Waals surface area contributed by atoms with E-state index in [1.54, 1.807) is 0 Å². The minimum absolute atomic E-state index is 0.0153. The zero-order valence-electron chi connectivity index (χ0n) is 17.4. The van der Waals surface area contributed by atoms with Crippen molar-refractivity contribution in [2.45, 2.75) is 104 Å². The van der Waals surface area contributed by atoms with Crippen LogP contribution in [0.2, 0.25) is 42.8 Å². The van der Waals surface area contributed by atoms with Crippen LogP contribution in [0.1, 0.15) is 60.8 Å². The van der Waals surface area contributed by atoms with Crippen molar-refractivity contribution in [2.75, 3.05) is 0 Å². The molecule has 0 bridgehead atoms. The van der Waals surface area contributed by atoms with Gasteiger partial charge in [0.1, 0.15) is 0 Å². The molecule has 0 saturated carbocycles. The summed E-state index contributed by atoms with van der Waals surface area (Å²) in [5.74, 6) is 0. The summed E-state index contributed by atoms with van der Waals surface area (Å²) >= 11 is 0. The van der Waals surface area contributed by atoms with Crippen LogP contribution in [-0.2, 0) is 16.5 Å². The smallest absolute Gasteiger partial charge is 0.371 e. The Morgan fingerprint density at radius 2 is 1.00 bits per heavy atom. The Hall–Kier alpha value is 0.708. The Bertz CT molecular complexity index is 380. The fourth-order valence-electron chi connectivity index (χ4n) is 3.36. The van der Waals surface area contributed by atoms with Crippen LogP contribution in [0.3, 0.4) is 0 Å². The summed E-state index contributed by atoms with van der Waals surface area (Å²) in [6.45, 7) is 20.0. The van der Waals surface area contributed by atoms with Crippen LogP contribution in [-0.4, -0.2) is 35.0 Å². The molecule has 24 heavy (non-hydrogen) atoms. The van der Waals surface area contributed by atoms with Gasteiger partial charge in [0.15, 0.2) is 0 Å². The Kier molecular flexibility index (Phi) is 8.15. The van der Waals surface area contributed by atoms with Crippen molar-refractivity contribution in [3.8, 4) is 0 Å². The van der Waals surface area contributed by atoms with Gasteiger partial charge < -0.3 is 16.5 Å². The highest BCUT2D eigenvalue weighted by atomic mass is 28.5. The molecule has 1 aliphatic heterocycles. The molecule has 1 fully saturated rings. The molecule has 1 aliphatic rings. The van der Waals surface area contributed by atoms with Crippen molar-refractivity contribution in [3.63, 3.8) is 0 Å². The van der Waals surface area contributed by atoms with Crippen molar-refractivity contribution in [1.82, 2.24) is 0 Å². The summed E-state index contributed by atoms with van der Waals surface area (Å²) in [4.78, 5) is 0. The normalized spacial score (nSPS) is 36.4. The van der Waals surface area contributed by atoms with Crippen LogP contribution in [0.15, 0.2) is 0 Å². The predicted molar refractivity (Wildman–Crippen MR) is 110 cm³/mol. The van der Waals surface area contributed by atoms with E-state index in [4.69, 9.17) is 16.5 Å². The average molecular weight is 408 g/mol. The molecular weight excluding hydrogens is 369 g/mol.